The van der Waals surface area contributed by atoms with Crippen LogP contribution in [0.5, 0.6) is 0 Å². The number of pyridine rings is 1. The Morgan fingerprint density at radius 2 is 1.91 bits per heavy atom. The van der Waals surface area contributed by atoms with Crippen LogP contribution in [0.2, 0.25) is 0 Å². The Morgan fingerprint density at radius 1 is 1.03 bits per heavy atom. The minimum absolute atomic E-state index is 0.147. The average molecular weight is 425 g/mol. The molecule has 162 valence electrons. The summed E-state index contributed by atoms with van der Waals surface area (Å²) in [7, 11) is 0. The van der Waals surface area contributed by atoms with Crippen molar-refractivity contribution in [2.24, 2.45) is 5.92 Å². The molecule has 1 amide bonds. The summed E-state index contributed by atoms with van der Waals surface area (Å²) in [5, 5.41) is 1.20. The van der Waals surface area contributed by atoms with Crippen LogP contribution >= 0.6 is 0 Å². The van der Waals surface area contributed by atoms with Crippen LogP contribution in [0, 0.1) is 5.92 Å². The number of hydrogen-bond donors (Lipinski definition) is 0. The second-order valence-corrected chi connectivity index (χ2v) is 8.72. The molecule has 2 aromatic heterocycles. The first-order chi connectivity index (χ1) is 15.8. The van der Waals surface area contributed by atoms with Gasteiger partial charge in [0.2, 0.25) is 0 Å². The Bertz CT molecular complexity index is 1200. The topological polar surface area (TPSA) is 51.0 Å². The van der Waals surface area contributed by atoms with Gasteiger partial charge in [-0.3, -0.25) is 9.78 Å². The van der Waals surface area contributed by atoms with Gasteiger partial charge in [0, 0.05) is 49.2 Å². The largest absolute Gasteiger partial charge is 0.339 e. The lowest BCUT2D eigenvalue weighted by Crippen LogP contribution is -2.32. The van der Waals surface area contributed by atoms with Gasteiger partial charge in [-0.1, -0.05) is 36.4 Å². The zero-order valence-corrected chi connectivity index (χ0v) is 18.2. The number of amides is 1. The van der Waals surface area contributed by atoms with Crippen molar-refractivity contribution in [2.75, 3.05) is 13.1 Å². The van der Waals surface area contributed by atoms with Gasteiger partial charge in [-0.2, -0.15) is 0 Å². The minimum Gasteiger partial charge on any atom is -0.339 e. The molecule has 5 heteroatoms. The number of fused-ring (bicyclic) bond motifs is 1. The Labute approximate surface area is 188 Å². The quantitative estimate of drug-likeness (QED) is 0.455. The molecular weight excluding hydrogens is 396 g/mol. The summed E-state index contributed by atoms with van der Waals surface area (Å²) in [6.07, 6.45) is 11.7. The van der Waals surface area contributed by atoms with E-state index in [4.69, 9.17) is 0 Å². The van der Waals surface area contributed by atoms with E-state index in [1.807, 2.05) is 52.2 Å². The predicted octanol–water partition coefficient (Wildman–Crippen LogP) is 4.96. The fraction of sp³-hybridized carbons (Fsp3) is 0.296. The number of rotatable bonds is 5. The Morgan fingerprint density at radius 3 is 2.81 bits per heavy atom. The summed E-state index contributed by atoms with van der Waals surface area (Å²) in [6.45, 7) is 2.29. The zero-order valence-electron chi connectivity index (χ0n) is 18.2. The van der Waals surface area contributed by atoms with Gasteiger partial charge in [0.25, 0.3) is 5.91 Å². The second kappa shape index (κ2) is 9.35. The molecule has 1 unspecified atom stereocenters. The fourth-order valence-electron chi connectivity index (χ4n) is 4.75. The number of carbonyl (C=O) groups excluding carboxylic acids is 1. The third-order valence-corrected chi connectivity index (χ3v) is 6.47. The van der Waals surface area contributed by atoms with E-state index in [2.05, 4.69) is 34.2 Å². The van der Waals surface area contributed by atoms with E-state index < -0.39 is 0 Å². The van der Waals surface area contributed by atoms with Crippen LogP contribution in [0.4, 0.5) is 0 Å². The van der Waals surface area contributed by atoms with Crippen molar-refractivity contribution >= 4 is 16.8 Å². The number of nitrogens with zero attached hydrogens (tertiary/aromatic N) is 4. The molecule has 1 aliphatic rings. The second-order valence-electron chi connectivity index (χ2n) is 8.72. The Balaban J connectivity index is 1.25. The molecule has 5 rings (SSSR count). The molecule has 0 aliphatic carbocycles. The lowest BCUT2D eigenvalue weighted by atomic mass is 9.93. The van der Waals surface area contributed by atoms with E-state index in [1.165, 1.54) is 10.9 Å². The predicted molar refractivity (Wildman–Crippen MR) is 126 cm³/mol. The summed E-state index contributed by atoms with van der Waals surface area (Å²) < 4.78 is 2.00. The average Bonchev–Trinajstić information content (AvgIpc) is 3.23. The number of likely N-dealkylation sites (tertiary alicyclic amines) is 1. The third kappa shape index (κ3) is 4.57. The van der Waals surface area contributed by atoms with E-state index in [9.17, 15) is 4.79 Å². The number of hydrogen-bond acceptors (Lipinski definition) is 3. The number of imidazole rings is 1. The van der Waals surface area contributed by atoms with E-state index in [0.717, 1.165) is 55.4 Å². The fourth-order valence-corrected chi connectivity index (χ4v) is 4.75. The van der Waals surface area contributed by atoms with Gasteiger partial charge in [0.1, 0.15) is 0 Å². The van der Waals surface area contributed by atoms with E-state index in [0.29, 0.717) is 12.5 Å². The molecule has 1 fully saturated rings. The highest BCUT2D eigenvalue weighted by molar-refractivity contribution is 5.95. The van der Waals surface area contributed by atoms with Crippen molar-refractivity contribution in [2.45, 2.75) is 32.2 Å². The van der Waals surface area contributed by atoms with Crippen LogP contribution in [0.3, 0.4) is 0 Å². The van der Waals surface area contributed by atoms with Crippen molar-refractivity contribution in [3.63, 3.8) is 0 Å². The van der Waals surface area contributed by atoms with Gasteiger partial charge in [0.05, 0.1) is 11.8 Å². The molecule has 3 heterocycles. The molecule has 4 aromatic rings. The standard InChI is InChI=1S/C27H28N4O/c32-27(25-9-3-1-8-24(25)19-30-15-12-28-20-30)31-13-5-6-21(11-14-31)16-22-17-23-7-2-4-10-26(23)29-18-22/h1-4,7-10,12,15,17-18,20-21H,5-6,11,13-14,16,19H2. The van der Waals surface area contributed by atoms with Crippen molar-refractivity contribution in [1.82, 2.24) is 19.4 Å². The van der Waals surface area contributed by atoms with Crippen LogP contribution in [-0.2, 0) is 13.0 Å². The highest BCUT2D eigenvalue weighted by Gasteiger charge is 2.23. The van der Waals surface area contributed by atoms with E-state index in [-0.39, 0.29) is 5.91 Å². The maximum atomic E-state index is 13.4. The van der Waals surface area contributed by atoms with Gasteiger partial charge in [-0.25, -0.2) is 4.98 Å². The normalized spacial score (nSPS) is 16.8. The smallest absolute Gasteiger partial charge is 0.254 e. The zero-order chi connectivity index (χ0) is 21.8. The number of aromatic nitrogens is 3. The number of carbonyl (C=O) groups is 1. The molecule has 1 atom stereocenters. The lowest BCUT2D eigenvalue weighted by Gasteiger charge is -2.22. The van der Waals surface area contributed by atoms with Crippen LogP contribution in [0.15, 0.2) is 79.5 Å². The van der Waals surface area contributed by atoms with Crippen LogP contribution in [0.1, 0.15) is 40.7 Å². The monoisotopic (exact) mass is 424 g/mol. The summed E-state index contributed by atoms with van der Waals surface area (Å²) in [4.78, 5) is 24.2. The van der Waals surface area contributed by atoms with Crippen LogP contribution in [0.25, 0.3) is 10.9 Å². The summed E-state index contributed by atoms with van der Waals surface area (Å²) in [6, 6.07) is 18.5. The molecule has 0 saturated carbocycles. The van der Waals surface area contributed by atoms with Crippen molar-refractivity contribution in [3.8, 4) is 0 Å². The van der Waals surface area contributed by atoms with Crippen LogP contribution < -0.4 is 0 Å². The van der Waals surface area contributed by atoms with Crippen molar-refractivity contribution in [1.29, 1.82) is 0 Å². The summed E-state index contributed by atoms with van der Waals surface area (Å²) in [5.41, 5.74) is 4.18. The maximum Gasteiger partial charge on any atom is 0.254 e. The van der Waals surface area contributed by atoms with Gasteiger partial charge in [-0.05, 0) is 60.9 Å². The van der Waals surface area contributed by atoms with Gasteiger partial charge < -0.3 is 9.47 Å². The number of benzene rings is 2. The first-order valence-corrected chi connectivity index (χ1v) is 11.4. The highest BCUT2D eigenvalue weighted by atomic mass is 16.2. The van der Waals surface area contributed by atoms with Gasteiger partial charge in [-0.15, -0.1) is 0 Å². The molecule has 1 saturated heterocycles. The summed E-state index contributed by atoms with van der Waals surface area (Å²) in [5.74, 6) is 0.727. The molecule has 32 heavy (non-hydrogen) atoms. The molecule has 0 N–H and O–H groups in total. The maximum absolute atomic E-state index is 13.4. The number of para-hydroxylation sites is 1. The molecular formula is C27H28N4O. The highest BCUT2D eigenvalue weighted by Crippen LogP contribution is 2.25. The van der Waals surface area contributed by atoms with Crippen molar-refractivity contribution in [3.05, 3.63) is 96.2 Å². The van der Waals surface area contributed by atoms with E-state index in [1.54, 1.807) is 12.5 Å². The van der Waals surface area contributed by atoms with E-state index >= 15 is 0 Å². The molecule has 1 aliphatic heterocycles. The molecule has 0 spiro atoms. The van der Waals surface area contributed by atoms with Gasteiger partial charge >= 0.3 is 0 Å². The third-order valence-electron chi connectivity index (χ3n) is 6.47. The van der Waals surface area contributed by atoms with Crippen LogP contribution in [-0.4, -0.2) is 38.4 Å². The first kappa shape index (κ1) is 20.4. The molecule has 0 bridgehead atoms. The van der Waals surface area contributed by atoms with Crippen molar-refractivity contribution < 1.29 is 4.79 Å². The molecule has 2 aromatic carbocycles. The Kier molecular flexibility index (Phi) is 5.97. The minimum atomic E-state index is 0.147. The molecule has 5 nitrogen and oxygen atoms in total. The Hall–Kier alpha value is -3.47. The SMILES string of the molecule is O=C(c1ccccc1Cn1ccnc1)N1CCCC(Cc2cnc3ccccc3c2)CC1. The summed E-state index contributed by atoms with van der Waals surface area (Å²) >= 11 is 0. The first-order valence-electron chi connectivity index (χ1n) is 11.4. The van der Waals surface area contributed by atoms with Gasteiger partial charge in [0.15, 0.2) is 0 Å². The lowest BCUT2D eigenvalue weighted by molar-refractivity contribution is 0.0759. The molecule has 0 radical (unpaired) electrons.